The summed E-state index contributed by atoms with van der Waals surface area (Å²) in [5.74, 6) is -5.05. The zero-order valence-electron chi connectivity index (χ0n) is 9.64. The van der Waals surface area contributed by atoms with Crippen LogP contribution in [0.4, 0.5) is 18.9 Å². The lowest BCUT2D eigenvalue weighted by Gasteiger charge is -2.06. The predicted molar refractivity (Wildman–Crippen MR) is 69.0 cm³/mol. The molecular formula is C12H6BrF3N2O2. The fraction of sp³-hybridized carbons (Fsp3) is 0. The Labute approximate surface area is 118 Å². The molecule has 0 unspecified atom stereocenters. The molecular weight excluding hydrogens is 341 g/mol. The SMILES string of the molecule is O=C(Nc1ccc(Br)[nH]c1=O)c1cc(F)c(F)cc1F. The van der Waals surface area contributed by atoms with E-state index in [9.17, 15) is 22.8 Å². The van der Waals surface area contributed by atoms with Crippen LogP contribution in [0.15, 0.2) is 33.7 Å². The Morgan fingerprint density at radius 1 is 1.10 bits per heavy atom. The van der Waals surface area contributed by atoms with Crippen LogP contribution in [0.25, 0.3) is 0 Å². The average molecular weight is 347 g/mol. The summed E-state index contributed by atoms with van der Waals surface area (Å²) in [6.07, 6.45) is 0. The molecule has 4 nitrogen and oxygen atoms in total. The first kappa shape index (κ1) is 14.3. The summed E-state index contributed by atoms with van der Waals surface area (Å²) >= 11 is 3.02. The molecule has 1 heterocycles. The van der Waals surface area contributed by atoms with Gasteiger partial charge in [0.1, 0.15) is 11.5 Å². The van der Waals surface area contributed by atoms with Crippen molar-refractivity contribution in [2.75, 3.05) is 5.32 Å². The van der Waals surface area contributed by atoms with Gasteiger partial charge in [-0.3, -0.25) is 9.59 Å². The van der Waals surface area contributed by atoms with Crippen molar-refractivity contribution in [2.24, 2.45) is 0 Å². The number of hydrogen-bond acceptors (Lipinski definition) is 2. The highest BCUT2D eigenvalue weighted by atomic mass is 79.9. The standard InChI is InChI=1S/C12H6BrF3N2O2/c13-10-2-1-9(12(20)18-10)17-11(19)5-3-7(15)8(16)4-6(5)14/h1-4H,(H,17,19)(H,18,20). The first-order valence-electron chi connectivity index (χ1n) is 5.23. The van der Waals surface area contributed by atoms with Crippen molar-refractivity contribution in [2.45, 2.75) is 0 Å². The van der Waals surface area contributed by atoms with Crippen LogP contribution in [0.1, 0.15) is 10.4 Å². The number of carbonyl (C=O) groups is 1. The maximum Gasteiger partial charge on any atom is 0.272 e. The van der Waals surface area contributed by atoms with E-state index in [-0.39, 0.29) is 11.8 Å². The second kappa shape index (κ2) is 5.49. The minimum Gasteiger partial charge on any atom is -0.317 e. The van der Waals surface area contributed by atoms with E-state index >= 15 is 0 Å². The van der Waals surface area contributed by atoms with E-state index in [4.69, 9.17) is 0 Å². The highest BCUT2D eigenvalue weighted by molar-refractivity contribution is 9.10. The van der Waals surface area contributed by atoms with E-state index in [0.29, 0.717) is 10.7 Å². The van der Waals surface area contributed by atoms with Crippen LogP contribution in [-0.2, 0) is 0 Å². The maximum absolute atomic E-state index is 13.4. The van der Waals surface area contributed by atoms with Gasteiger partial charge in [0.25, 0.3) is 11.5 Å². The van der Waals surface area contributed by atoms with Crippen LogP contribution in [0.3, 0.4) is 0 Å². The maximum atomic E-state index is 13.4. The molecule has 20 heavy (non-hydrogen) atoms. The number of carbonyl (C=O) groups excluding carboxylic acids is 1. The summed E-state index contributed by atoms with van der Waals surface area (Å²) < 4.78 is 39.5. The summed E-state index contributed by atoms with van der Waals surface area (Å²) in [4.78, 5) is 25.6. The Kier molecular flexibility index (Phi) is 3.93. The predicted octanol–water partition coefficient (Wildman–Crippen LogP) is 2.81. The average Bonchev–Trinajstić information content (AvgIpc) is 2.37. The van der Waals surface area contributed by atoms with Crippen molar-refractivity contribution < 1.29 is 18.0 Å². The molecule has 0 radical (unpaired) electrons. The van der Waals surface area contributed by atoms with Crippen LogP contribution in [0.2, 0.25) is 0 Å². The van der Waals surface area contributed by atoms with Crippen LogP contribution in [0, 0.1) is 17.5 Å². The first-order valence-corrected chi connectivity index (χ1v) is 6.02. The fourth-order valence-corrected chi connectivity index (χ4v) is 1.75. The lowest BCUT2D eigenvalue weighted by Crippen LogP contribution is -2.21. The Hall–Kier alpha value is -2.09. The van der Waals surface area contributed by atoms with E-state index in [1.165, 1.54) is 12.1 Å². The molecule has 0 atom stereocenters. The van der Waals surface area contributed by atoms with Crippen molar-refractivity contribution in [1.82, 2.24) is 4.98 Å². The van der Waals surface area contributed by atoms with Crippen molar-refractivity contribution in [3.8, 4) is 0 Å². The van der Waals surface area contributed by atoms with Crippen LogP contribution in [-0.4, -0.2) is 10.9 Å². The van der Waals surface area contributed by atoms with Crippen molar-refractivity contribution >= 4 is 27.5 Å². The van der Waals surface area contributed by atoms with E-state index in [1.807, 2.05) is 0 Å². The van der Waals surface area contributed by atoms with Gasteiger partial charge in [-0.25, -0.2) is 13.2 Å². The third-order valence-corrected chi connectivity index (χ3v) is 2.84. The van der Waals surface area contributed by atoms with Gasteiger partial charge < -0.3 is 10.3 Å². The molecule has 1 aromatic carbocycles. The lowest BCUT2D eigenvalue weighted by atomic mass is 10.2. The highest BCUT2D eigenvalue weighted by Crippen LogP contribution is 2.15. The minimum absolute atomic E-state index is 0.151. The van der Waals surface area contributed by atoms with Crippen LogP contribution >= 0.6 is 15.9 Å². The number of aromatic nitrogens is 1. The zero-order valence-corrected chi connectivity index (χ0v) is 11.2. The lowest BCUT2D eigenvalue weighted by molar-refractivity contribution is 0.102. The van der Waals surface area contributed by atoms with E-state index in [0.717, 1.165) is 0 Å². The number of benzene rings is 1. The van der Waals surface area contributed by atoms with Crippen molar-refractivity contribution in [3.63, 3.8) is 0 Å². The van der Waals surface area contributed by atoms with E-state index < -0.39 is 34.5 Å². The molecule has 1 aromatic heterocycles. The Bertz CT molecular complexity index is 746. The molecule has 0 bridgehead atoms. The molecule has 0 saturated carbocycles. The summed E-state index contributed by atoms with van der Waals surface area (Å²) in [5, 5.41) is 2.11. The molecule has 2 N–H and O–H groups in total. The summed E-state index contributed by atoms with van der Waals surface area (Å²) in [6.45, 7) is 0. The highest BCUT2D eigenvalue weighted by Gasteiger charge is 2.17. The molecule has 0 fully saturated rings. The monoisotopic (exact) mass is 346 g/mol. The molecule has 0 spiro atoms. The summed E-state index contributed by atoms with van der Waals surface area (Å²) in [5.41, 5.74) is -1.48. The smallest absolute Gasteiger partial charge is 0.272 e. The largest absolute Gasteiger partial charge is 0.317 e. The summed E-state index contributed by atoms with van der Waals surface area (Å²) in [6, 6.07) is 3.40. The van der Waals surface area contributed by atoms with Gasteiger partial charge in [-0.15, -0.1) is 0 Å². The number of H-pyrrole nitrogens is 1. The number of aromatic amines is 1. The second-order valence-corrected chi connectivity index (χ2v) is 4.60. The molecule has 104 valence electrons. The van der Waals surface area contributed by atoms with Gasteiger partial charge in [-0.05, 0) is 34.1 Å². The first-order chi connectivity index (χ1) is 9.38. The van der Waals surface area contributed by atoms with Gasteiger partial charge in [0.05, 0.1) is 10.2 Å². The molecule has 0 aliphatic rings. The van der Waals surface area contributed by atoms with Crippen LogP contribution in [0.5, 0.6) is 0 Å². The number of halogens is 4. The number of hydrogen-bond donors (Lipinski definition) is 2. The topological polar surface area (TPSA) is 62.0 Å². The number of anilines is 1. The molecule has 0 saturated heterocycles. The molecule has 2 aromatic rings. The number of pyridine rings is 1. The van der Waals surface area contributed by atoms with Gasteiger partial charge in [-0.2, -0.15) is 0 Å². The van der Waals surface area contributed by atoms with Gasteiger partial charge in [-0.1, -0.05) is 0 Å². The Morgan fingerprint density at radius 2 is 1.75 bits per heavy atom. The van der Waals surface area contributed by atoms with Gasteiger partial charge in [0.15, 0.2) is 11.6 Å². The Morgan fingerprint density at radius 3 is 2.40 bits per heavy atom. The number of rotatable bonds is 2. The van der Waals surface area contributed by atoms with Gasteiger partial charge >= 0.3 is 0 Å². The molecule has 8 heteroatoms. The normalized spacial score (nSPS) is 10.4. The zero-order chi connectivity index (χ0) is 14.9. The fourth-order valence-electron chi connectivity index (χ4n) is 1.43. The third-order valence-electron chi connectivity index (χ3n) is 2.38. The second-order valence-electron chi connectivity index (χ2n) is 3.75. The quantitative estimate of drug-likeness (QED) is 0.648. The van der Waals surface area contributed by atoms with Gasteiger partial charge in [0, 0.05) is 6.07 Å². The number of amides is 1. The third kappa shape index (κ3) is 2.90. The molecule has 2 rings (SSSR count). The van der Waals surface area contributed by atoms with Gasteiger partial charge in [0.2, 0.25) is 0 Å². The Balaban J connectivity index is 2.33. The number of nitrogens with one attached hydrogen (secondary N) is 2. The van der Waals surface area contributed by atoms with Crippen molar-refractivity contribution in [1.29, 1.82) is 0 Å². The summed E-state index contributed by atoms with van der Waals surface area (Å²) in [7, 11) is 0. The molecule has 0 aliphatic heterocycles. The minimum atomic E-state index is -1.40. The molecule has 1 amide bonds. The molecule has 0 aliphatic carbocycles. The van der Waals surface area contributed by atoms with E-state index in [2.05, 4.69) is 26.2 Å². The van der Waals surface area contributed by atoms with Crippen molar-refractivity contribution in [3.05, 3.63) is 62.2 Å². The van der Waals surface area contributed by atoms with Crippen LogP contribution < -0.4 is 10.9 Å². The van der Waals surface area contributed by atoms with E-state index in [1.54, 1.807) is 0 Å².